The Labute approximate surface area is 255 Å². The number of barbiturate groups is 1. The van der Waals surface area contributed by atoms with Crippen molar-refractivity contribution in [3.8, 4) is 11.5 Å². The van der Waals surface area contributed by atoms with Gasteiger partial charge in [0.1, 0.15) is 30.3 Å². The molecule has 4 aromatic carbocycles. The quantitative estimate of drug-likeness (QED) is 0.0954. The molecule has 216 valence electrons. The largest absolute Gasteiger partial charge is 0.489 e. The van der Waals surface area contributed by atoms with Gasteiger partial charge in [0, 0.05) is 27.7 Å². The van der Waals surface area contributed by atoms with Crippen LogP contribution in [0.5, 0.6) is 11.5 Å². The Balaban J connectivity index is 1.24. The Hall–Kier alpha value is -5.19. The van der Waals surface area contributed by atoms with E-state index in [0.717, 1.165) is 16.0 Å². The molecule has 1 saturated heterocycles. The van der Waals surface area contributed by atoms with Crippen molar-refractivity contribution in [1.82, 2.24) is 5.32 Å². The van der Waals surface area contributed by atoms with E-state index in [2.05, 4.69) is 5.32 Å². The zero-order valence-electron chi connectivity index (χ0n) is 22.2. The third-order valence-corrected chi connectivity index (χ3v) is 6.94. The average molecular weight is 618 g/mol. The van der Waals surface area contributed by atoms with Crippen LogP contribution in [0.3, 0.4) is 0 Å². The van der Waals surface area contributed by atoms with Crippen LogP contribution in [0.1, 0.15) is 16.7 Å². The first kappa shape index (κ1) is 29.3. The summed E-state index contributed by atoms with van der Waals surface area (Å²) in [7, 11) is 0. The summed E-state index contributed by atoms with van der Waals surface area (Å²) in [6.07, 6.45) is 1.38. The summed E-state index contributed by atoms with van der Waals surface area (Å²) in [4.78, 5) is 49.6. The van der Waals surface area contributed by atoms with Crippen LogP contribution < -0.4 is 19.7 Å². The lowest BCUT2D eigenvalue weighted by atomic mass is 10.1. The SMILES string of the molecule is O=C1NC(=O)N(c2ccc(OCc3ccc(Cl)cc3Cl)cc2)C(=O)/C1=C/c1ccc(OCc2ccc([N+](=O)[O-])cc2)cc1. The Bertz CT molecular complexity index is 1740. The smallest absolute Gasteiger partial charge is 0.335 e. The van der Waals surface area contributed by atoms with E-state index in [-0.39, 0.29) is 30.2 Å². The maximum Gasteiger partial charge on any atom is 0.335 e. The number of rotatable bonds is 9. The van der Waals surface area contributed by atoms with E-state index in [1.165, 1.54) is 30.3 Å². The Morgan fingerprint density at radius 2 is 1.44 bits per heavy atom. The highest BCUT2D eigenvalue weighted by molar-refractivity contribution is 6.39. The number of carbonyl (C=O) groups is 3. The highest BCUT2D eigenvalue weighted by Crippen LogP contribution is 2.27. The first-order chi connectivity index (χ1) is 20.7. The molecule has 0 saturated carbocycles. The molecular formula is C31H21Cl2N3O7. The minimum atomic E-state index is -0.872. The standard InChI is InChI=1S/C31H21Cl2N3O7/c32-22-6-5-21(28(33)16-22)18-43-26-13-9-23(10-14-26)35-30(38)27(29(37)34-31(35)39)15-19-3-11-25(12-4-19)42-17-20-1-7-24(8-2-20)36(40)41/h1-16H,17-18H2,(H,34,37,39)/b27-15+. The van der Waals surface area contributed by atoms with Crippen LogP contribution in [0.15, 0.2) is 96.6 Å². The summed E-state index contributed by atoms with van der Waals surface area (Å²) in [5.74, 6) is -0.613. The Kier molecular flexibility index (Phi) is 8.70. The van der Waals surface area contributed by atoms with Crippen molar-refractivity contribution in [2.45, 2.75) is 13.2 Å². The summed E-state index contributed by atoms with van der Waals surface area (Å²) in [6.45, 7) is 0.371. The maximum absolute atomic E-state index is 13.3. The van der Waals surface area contributed by atoms with Gasteiger partial charge in [0.2, 0.25) is 0 Å². The lowest BCUT2D eigenvalue weighted by Crippen LogP contribution is -2.54. The number of ether oxygens (including phenoxy) is 2. The zero-order valence-corrected chi connectivity index (χ0v) is 23.7. The second-order valence-electron chi connectivity index (χ2n) is 9.26. The van der Waals surface area contributed by atoms with Crippen molar-refractivity contribution in [2.75, 3.05) is 4.90 Å². The van der Waals surface area contributed by atoms with Crippen LogP contribution in [0.4, 0.5) is 16.2 Å². The van der Waals surface area contributed by atoms with Crippen LogP contribution >= 0.6 is 23.2 Å². The third-order valence-electron chi connectivity index (χ3n) is 6.35. The summed E-state index contributed by atoms with van der Waals surface area (Å²) in [5.41, 5.74) is 2.02. The Morgan fingerprint density at radius 3 is 2.07 bits per heavy atom. The molecule has 12 heteroatoms. The fourth-order valence-electron chi connectivity index (χ4n) is 4.09. The van der Waals surface area contributed by atoms with E-state index in [1.807, 2.05) is 0 Å². The van der Waals surface area contributed by atoms with Gasteiger partial charge < -0.3 is 9.47 Å². The number of imide groups is 2. The summed E-state index contributed by atoms with van der Waals surface area (Å²) in [5, 5.41) is 14.0. The number of carbonyl (C=O) groups excluding carboxylic acids is 3. The molecule has 43 heavy (non-hydrogen) atoms. The van der Waals surface area contributed by atoms with Crippen molar-refractivity contribution in [3.05, 3.63) is 133 Å². The number of hydrogen-bond donors (Lipinski definition) is 1. The van der Waals surface area contributed by atoms with E-state index in [1.54, 1.807) is 66.7 Å². The molecule has 0 bridgehead atoms. The summed E-state index contributed by atoms with van der Waals surface area (Å²) in [6, 6.07) is 23.1. The van der Waals surface area contributed by atoms with Gasteiger partial charge in [-0.15, -0.1) is 0 Å². The zero-order chi connectivity index (χ0) is 30.5. The van der Waals surface area contributed by atoms with Gasteiger partial charge >= 0.3 is 6.03 Å². The number of non-ortho nitro benzene ring substituents is 1. The number of benzene rings is 4. The number of nitro benzene ring substituents is 1. The first-order valence-electron chi connectivity index (χ1n) is 12.7. The molecule has 1 aliphatic heterocycles. The van der Waals surface area contributed by atoms with Gasteiger partial charge in [-0.3, -0.25) is 25.0 Å². The van der Waals surface area contributed by atoms with Crippen molar-refractivity contribution >= 4 is 58.5 Å². The van der Waals surface area contributed by atoms with Crippen LogP contribution in [-0.4, -0.2) is 22.8 Å². The van der Waals surface area contributed by atoms with Gasteiger partial charge in [-0.1, -0.05) is 41.4 Å². The molecule has 1 aliphatic rings. The molecule has 0 unspecified atom stereocenters. The van der Waals surface area contributed by atoms with Crippen LogP contribution in [0.25, 0.3) is 6.08 Å². The minimum absolute atomic E-state index is 0.00951. The number of halogens is 2. The molecular weight excluding hydrogens is 597 g/mol. The van der Waals surface area contributed by atoms with Gasteiger partial charge in [0.15, 0.2) is 0 Å². The van der Waals surface area contributed by atoms with Crippen molar-refractivity contribution in [1.29, 1.82) is 0 Å². The third kappa shape index (κ3) is 7.00. The number of nitrogens with one attached hydrogen (secondary N) is 1. The van der Waals surface area contributed by atoms with E-state index in [0.29, 0.717) is 27.1 Å². The van der Waals surface area contributed by atoms with Gasteiger partial charge in [0.05, 0.1) is 10.6 Å². The molecule has 4 aromatic rings. The number of anilines is 1. The van der Waals surface area contributed by atoms with E-state index in [4.69, 9.17) is 32.7 Å². The second kappa shape index (κ2) is 12.8. The second-order valence-corrected chi connectivity index (χ2v) is 10.1. The molecule has 1 N–H and O–H groups in total. The van der Waals surface area contributed by atoms with Gasteiger partial charge in [0.25, 0.3) is 17.5 Å². The molecule has 10 nitrogen and oxygen atoms in total. The highest BCUT2D eigenvalue weighted by atomic mass is 35.5. The van der Waals surface area contributed by atoms with Gasteiger partial charge in [-0.25, -0.2) is 9.69 Å². The predicted molar refractivity (Wildman–Crippen MR) is 160 cm³/mol. The molecule has 0 spiro atoms. The number of amides is 4. The van der Waals surface area contributed by atoms with Gasteiger partial charge in [-0.05, 0) is 77.9 Å². The van der Waals surface area contributed by atoms with E-state index < -0.39 is 22.8 Å². The normalized spacial score (nSPS) is 14.0. The average Bonchev–Trinajstić information content (AvgIpc) is 2.99. The summed E-state index contributed by atoms with van der Waals surface area (Å²) < 4.78 is 11.5. The van der Waals surface area contributed by atoms with Crippen molar-refractivity contribution < 1.29 is 28.8 Å². The van der Waals surface area contributed by atoms with Crippen molar-refractivity contribution in [3.63, 3.8) is 0 Å². The lowest BCUT2D eigenvalue weighted by molar-refractivity contribution is -0.384. The highest BCUT2D eigenvalue weighted by Gasteiger charge is 2.36. The number of urea groups is 1. The predicted octanol–water partition coefficient (Wildman–Crippen LogP) is 6.73. The number of hydrogen-bond acceptors (Lipinski definition) is 7. The number of nitro groups is 1. The van der Waals surface area contributed by atoms with Crippen LogP contribution in [0.2, 0.25) is 10.0 Å². The van der Waals surface area contributed by atoms with Crippen LogP contribution in [-0.2, 0) is 22.8 Å². The van der Waals surface area contributed by atoms with E-state index in [9.17, 15) is 24.5 Å². The molecule has 0 radical (unpaired) electrons. The fraction of sp³-hybridized carbons (Fsp3) is 0.0645. The minimum Gasteiger partial charge on any atom is -0.489 e. The van der Waals surface area contributed by atoms with Crippen LogP contribution in [0, 0.1) is 10.1 Å². The monoisotopic (exact) mass is 617 g/mol. The Morgan fingerprint density at radius 1 is 0.814 bits per heavy atom. The molecule has 5 rings (SSSR count). The molecule has 0 aromatic heterocycles. The molecule has 1 fully saturated rings. The fourth-order valence-corrected chi connectivity index (χ4v) is 4.55. The maximum atomic E-state index is 13.3. The summed E-state index contributed by atoms with van der Waals surface area (Å²) >= 11 is 12.1. The molecule has 4 amide bonds. The molecule has 0 atom stereocenters. The lowest BCUT2D eigenvalue weighted by Gasteiger charge is -2.26. The number of nitrogens with zero attached hydrogens (tertiary/aromatic N) is 2. The topological polar surface area (TPSA) is 128 Å². The van der Waals surface area contributed by atoms with E-state index >= 15 is 0 Å². The first-order valence-corrected chi connectivity index (χ1v) is 13.5. The van der Waals surface area contributed by atoms with Crippen molar-refractivity contribution in [2.24, 2.45) is 0 Å². The molecule has 0 aliphatic carbocycles. The molecule has 1 heterocycles. The van der Waals surface area contributed by atoms with Gasteiger partial charge in [-0.2, -0.15) is 0 Å².